The van der Waals surface area contributed by atoms with Gasteiger partial charge in [0.05, 0.1) is 27.8 Å². The molecule has 11 heteroatoms. The van der Waals surface area contributed by atoms with Gasteiger partial charge in [-0.05, 0) is 43.7 Å². The number of carbonyl (C=O) groups excluding carboxylic acids is 2. The molecule has 2 aromatic heterocycles. The number of nitrogens with zero attached hydrogens (tertiary/aromatic N) is 3. The molecule has 0 bridgehead atoms. The second-order valence-corrected chi connectivity index (χ2v) is 9.63. The summed E-state index contributed by atoms with van der Waals surface area (Å²) in [5.74, 6) is -1.10. The van der Waals surface area contributed by atoms with Crippen LogP contribution in [-0.4, -0.2) is 21.8 Å². The summed E-state index contributed by atoms with van der Waals surface area (Å²) in [5.41, 5.74) is 0.146. The summed E-state index contributed by atoms with van der Waals surface area (Å²) in [6.45, 7) is 4.76. The molecule has 0 spiro atoms. The van der Waals surface area contributed by atoms with Gasteiger partial charge in [0.15, 0.2) is 5.13 Å². The highest BCUT2D eigenvalue weighted by Crippen LogP contribution is 2.33. The first-order chi connectivity index (χ1) is 17.1. The lowest BCUT2D eigenvalue weighted by Crippen LogP contribution is -2.18. The monoisotopic (exact) mass is 523 g/mol. The van der Waals surface area contributed by atoms with Gasteiger partial charge in [-0.1, -0.05) is 35.1 Å². The van der Waals surface area contributed by atoms with E-state index in [2.05, 4.69) is 26.7 Å². The highest BCUT2D eigenvalue weighted by atomic mass is 35.5. The number of hydrogen-bond acceptors (Lipinski definition) is 7. The predicted molar refractivity (Wildman–Crippen MR) is 136 cm³/mol. The number of hydrogen-bond donors (Lipinski definition) is 2. The van der Waals surface area contributed by atoms with E-state index in [0.29, 0.717) is 21.0 Å². The van der Waals surface area contributed by atoms with Crippen molar-refractivity contribution >= 4 is 55.9 Å². The van der Waals surface area contributed by atoms with Crippen molar-refractivity contribution in [2.45, 2.75) is 26.2 Å². The number of aromatic nitrogens is 2. The van der Waals surface area contributed by atoms with Crippen molar-refractivity contribution in [2.75, 3.05) is 10.6 Å². The van der Waals surface area contributed by atoms with E-state index in [1.165, 1.54) is 36.5 Å². The fourth-order valence-electron chi connectivity index (χ4n) is 3.29. The Morgan fingerprint density at radius 2 is 1.92 bits per heavy atom. The Labute approximate surface area is 214 Å². The third-order valence-corrected chi connectivity index (χ3v) is 6.41. The topological polar surface area (TPSA) is 117 Å². The van der Waals surface area contributed by atoms with E-state index in [4.69, 9.17) is 16.3 Å². The van der Waals surface area contributed by atoms with Crippen molar-refractivity contribution in [3.63, 3.8) is 0 Å². The number of benzene rings is 2. The van der Waals surface area contributed by atoms with E-state index >= 15 is 0 Å². The molecule has 182 valence electrons. The van der Waals surface area contributed by atoms with Crippen LogP contribution in [0.4, 0.5) is 15.2 Å². The molecule has 8 nitrogen and oxygen atoms in total. The van der Waals surface area contributed by atoms with Gasteiger partial charge >= 0.3 is 0 Å². The predicted octanol–water partition coefficient (Wildman–Crippen LogP) is 6.29. The number of thiazole rings is 1. The third-order valence-electron chi connectivity index (χ3n) is 5.12. The number of anilines is 2. The van der Waals surface area contributed by atoms with Gasteiger partial charge < -0.3 is 15.4 Å². The number of nitrogens with one attached hydrogen (secondary N) is 2. The lowest BCUT2D eigenvalue weighted by Gasteiger charge is -2.19. The molecule has 2 aromatic carbocycles. The summed E-state index contributed by atoms with van der Waals surface area (Å²) in [4.78, 5) is 33.3. The number of amides is 2. The second kappa shape index (κ2) is 9.89. The van der Waals surface area contributed by atoms with Crippen LogP contribution in [0.2, 0.25) is 5.02 Å². The fraction of sp³-hybridized carbons (Fsp3) is 0.160. The average Bonchev–Trinajstić information content (AvgIpc) is 3.22. The van der Waals surface area contributed by atoms with Crippen LogP contribution < -0.4 is 15.4 Å². The maximum absolute atomic E-state index is 14.5. The zero-order valence-electron chi connectivity index (χ0n) is 19.3. The normalized spacial score (nSPS) is 11.1. The van der Waals surface area contributed by atoms with Crippen molar-refractivity contribution in [1.29, 1.82) is 5.26 Å². The Morgan fingerprint density at radius 3 is 2.64 bits per heavy atom. The average molecular weight is 524 g/mol. The van der Waals surface area contributed by atoms with E-state index in [9.17, 15) is 19.2 Å². The van der Waals surface area contributed by atoms with Gasteiger partial charge in [0, 0.05) is 19.1 Å². The molecule has 4 rings (SSSR count). The van der Waals surface area contributed by atoms with Crippen LogP contribution >= 0.6 is 22.9 Å². The Hall–Kier alpha value is -4.07. The van der Waals surface area contributed by atoms with Crippen LogP contribution in [0.25, 0.3) is 10.3 Å². The molecule has 0 aliphatic carbocycles. The van der Waals surface area contributed by atoms with Crippen LogP contribution in [0.15, 0.2) is 48.5 Å². The van der Waals surface area contributed by atoms with Crippen molar-refractivity contribution in [3.8, 4) is 17.7 Å². The molecule has 2 amide bonds. The minimum absolute atomic E-state index is 0.107. The quantitative estimate of drug-likeness (QED) is 0.307. The summed E-state index contributed by atoms with van der Waals surface area (Å²) in [6.07, 6.45) is 0. The molecular weight excluding hydrogens is 505 g/mol. The number of carbonyl (C=O) groups is 2. The number of nitriles is 1. The Kier molecular flexibility index (Phi) is 6.88. The van der Waals surface area contributed by atoms with Gasteiger partial charge in [0.2, 0.25) is 11.8 Å². The Bertz CT molecular complexity index is 1550. The van der Waals surface area contributed by atoms with Crippen molar-refractivity contribution in [3.05, 3.63) is 70.5 Å². The minimum atomic E-state index is -0.915. The molecule has 4 aromatic rings. The van der Waals surface area contributed by atoms with E-state index in [1.807, 2.05) is 0 Å². The summed E-state index contributed by atoms with van der Waals surface area (Å²) in [7, 11) is 0. The molecule has 2 heterocycles. The van der Waals surface area contributed by atoms with Gasteiger partial charge in [-0.25, -0.2) is 14.4 Å². The molecule has 0 radical (unpaired) electrons. The van der Waals surface area contributed by atoms with Crippen LogP contribution in [0.5, 0.6) is 11.6 Å². The van der Waals surface area contributed by atoms with Crippen molar-refractivity contribution < 1.29 is 18.7 Å². The number of rotatable bonds is 6. The van der Waals surface area contributed by atoms with E-state index in [0.717, 1.165) is 6.07 Å². The Morgan fingerprint density at radius 1 is 1.14 bits per heavy atom. The molecule has 0 atom stereocenters. The maximum Gasteiger partial charge on any atom is 0.257 e. The first kappa shape index (κ1) is 25.0. The van der Waals surface area contributed by atoms with E-state index in [1.54, 1.807) is 38.1 Å². The Balaban J connectivity index is 1.56. The highest BCUT2D eigenvalue weighted by molar-refractivity contribution is 7.21. The van der Waals surface area contributed by atoms with Crippen molar-refractivity contribution in [1.82, 2.24) is 9.97 Å². The molecule has 2 N–H and O–H groups in total. The van der Waals surface area contributed by atoms with Gasteiger partial charge in [0.25, 0.3) is 5.91 Å². The molecule has 0 aliphatic rings. The van der Waals surface area contributed by atoms with Gasteiger partial charge in [-0.15, -0.1) is 0 Å². The number of fused-ring (bicyclic) bond motifs is 1. The third kappa shape index (κ3) is 5.27. The molecule has 0 aliphatic heterocycles. The van der Waals surface area contributed by atoms with Crippen LogP contribution in [0.1, 0.15) is 36.7 Å². The first-order valence-corrected chi connectivity index (χ1v) is 11.8. The minimum Gasteiger partial charge on any atom is -0.439 e. The molecule has 0 saturated carbocycles. The zero-order valence-corrected chi connectivity index (χ0v) is 20.9. The molecular formula is C25H19ClFN5O3S. The van der Waals surface area contributed by atoms with Gasteiger partial charge in [-0.2, -0.15) is 5.26 Å². The van der Waals surface area contributed by atoms with Gasteiger partial charge in [-0.3, -0.25) is 9.59 Å². The summed E-state index contributed by atoms with van der Waals surface area (Å²) in [6, 6.07) is 14.1. The number of pyridine rings is 1. The van der Waals surface area contributed by atoms with Crippen LogP contribution in [0, 0.1) is 17.1 Å². The fourth-order valence-corrected chi connectivity index (χ4v) is 4.61. The molecule has 0 saturated heterocycles. The lowest BCUT2D eigenvalue weighted by atomic mass is 9.85. The molecule has 0 fully saturated rings. The van der Waals surface area contributed by atoms with Crippen LogP contribution in [0.3, 0.4) is 0 Å². The zero-order chi connectivity index (χ0) is 26.0. The second-order valence-electron chi connectivity index (χ2n) is 8.28. The smallest absolute Gasteiger partial charge is 0.257 e. The molecule has 36 heavy (non-hydrogen) atoms. The summed E-state index contributed by atoms with van der Waals surface area (Å²) in [5, 5.41) is 15.1. The standard InChI is InChI=1S/C25H19ClFN5O3S/c1-13(33)29-24-31-18-9-10-20(32-23(18)36-24)35-14-7-8-17(27)19(11-14)30-22(34)15-5-4-6-16(21(15)26)25(2,3)12-28/h4-11H,1-3H3,(H,30,34)(H,29,31,33). The maximum atomic E-state index is 14.5. The summed E-state index contributed by atoms with van der Waals surface area (Å²) < 4.78 is 20.3. The first-order valence-electron chi connectivity index (χ1n) is 10.6. The number of halogens is 2. The van der Waals surface area contributed by atoms with Crippen molar-refractivity contribution in [2.24, 2.45) is 0 Å². The van der Waals surface area contributed by atoms with E-state index < -0.39 is 17.1 Å². The van der Waals surface area contributed by atoms with Crippen LogP contribution in [-0.2, 0) is 10.2 Å². The van der Waals surface area contributed by atoms with E-state index in [-0.39, 0.29) is 33.8 Å². The highest BCUT2D eigenvalue weighted by Gasteiger charge is 2.26. The summed E-state index contributed by atoms with van der Waals surface area (Å²) >= 11 is 7.61. The molecule has 0 unspecified atom stereocenters. The van der Waals surface area contributed by atoms with Gasteiger partial charge in [0.1, 0.15) is 21.9 Å². The number of ether oxygens (including phenoxy) is 1. The largest absolute Gasteiger partial charge is 0.439 e. The lowest BCUT2D eigenvalue weighted by molar-refractivity contribution is -0.114. The SMILES string of the molecule is CC(=O)Nc1nc2ccc(Oc3ccc(F)c(NC(=O)c4cccc(C(C)(C)C#N)c4Cl)c3)nc2s1.